The number of amides is 1. The third kappa shape index (κ3) is 3.19. The molecule has 0 atom stereocenters. The number of morpholine rings is 1. The predicted octanol–water partition coefficient (Wildman–Crippen LogP) is -0.0520. The Morgan fingerprint density at radius 1 is 1.58 bits per heavy atom. The minimum absolute atomic E-state index is 0.230. The largest absolute Gasteiger partial charge is 0.379 e. The summed E-state index contributed by atoms with van der Waals surface area (Å²) in [5.41, 5.74) is 0. The average Bonchev–Trinajstić information content (AvgIpc) is 2.06. The molecule has 1 rings (SSSR count). The lowest BCUT2D eigenvalue weighted by molar-refractivity contribution is -0.119. The SMILES string of the molecule is O=C(CN1CCOCC1)N=C=S. The number of rotatable bonds is 2. The second kappa shape index (κ2) is 5.11. The fourth-order valence-electron chi connectivity index (χ4n) is 1.04. The molecule has 1 saturated heterocycles. The van der Waals surface area contributed by atoms with E-state index in [0.29, 0.717) is 19.8 Å². The number of thiocarbonyl (C=S) groups is 1. The van der Waals surface area contributed by atoms with Crippen LogP contribution in [0.25, 0.3) is 0 Å². The Kier molecular flexibility index (Phi) is 4.04. The maximum absolute atomic E-state index is 10.9. The van der Waals surface area contributed by atoms with Crippen molar-refractivity contribution in [2.24, 2.45) is 4.99 Å². The van der Waals surface area contributed by atoms with Gasteiger partial charge in [0.1, 0.15) is 0 Å². The molecule has 0 radical (unpaired) electrons. The van der Waals surface area contributed by atoms with Gasteiger partial charge in [-0.1, -0.05) is 0 Å². The lowest BCUT2D eigenvalue weighted by atomic mass is 10.4. The van der Waals surface area contributed by atoms with Gasteiger partial charge in [-0.15, -0.1) is 0 Å². The Morgan fingerprint density at radius 3 is 2.83 bits per heavy atom. The van der Waals surface area contributed by atoms with E-state index in [0.717, 1.165) is 13.1 Å². The van der Waals surface area contributed by atoms with Gasteiger partial charge in [0.2, 0.25) is 0 Å². The average molecular weight is 186 g/mol. The van der Waals surface area contributed by atoms with Gasteiger partial charge >= 0.3 is 0 Å². The van der Waals surface area contributed by atoms with Crippen LogP contribution in [0.15, 0.2) is 4.99 Å². The Labute approximate surface area is 76.2 Å². The highest BCUT2D eigenvalue weighted by atomic mass is 32.1. The van der Waals surface area contributed by atoms with Crippen molar-refractivity contribution in [3.63, 3.8) is 0 Å². The van der Waals surface area contributed by atoms with Crippen LogP contribution in [0.3, 0.4) is 0 Å². The van der Waals surface area contributed by atoms with Crippen molar-refractivity contribution in [1.29, 1.82) is 0 Å². The van der Waals surface area contributed by atoms with Crippen molar-refractivity contribution in [3.05, 3.63) is 0 Å². The van der Waals surface area contributed by atoms with Crippen molar-refractivity contribution >= 4 is 23.3 Å². The summed E-state index contributed by atoms with van der Waals surface area (Å²) >= 11 is 4.32. The van der Waals surface area contributed by atoms with E-state index in [9.17, 15) is 4.79 Å². The smallest absolute Gasteiger partial charge is 0.268 e. The van der Waals surface area contributed by atoms with Gasteiger partial charge in [-0.2, -0.15) is 4.99 Å². The summed E-state index contributed by atoms with van der Waals surface area (Å²) in [5.74, 6) is -0.230. The Morgan fingerprint density at radius 2 is 2.25 bits per heavy atom. The van der Waals surface area contributed by atoms with Crippen LogP contribution in [0.2, 0.25) is 0 Å². The summed E-state index contributed by atoms with van der Waals surface area (Å²) < 4.78 is 5.12. The second-order valence-electron chi connectivity index (χ2n) is 2.49. The molecule has 0 saturated carbocycles. The lowest BCUT2D eigenvalue weighted by Crippen LogP contribution is -2.39. The molecule has 12 heavy (non-hydrogen) atoms. The van der Waals surface area contributed by atoms with Gasteiger partial charge in [-0.25, -0.2) is 0 Å². The van der Waals surface area contributed by atoms with E-state index in [-0.39, 0.29) is 5.91 Å². The van der Waals surface area contributed by atoms with Crippen molar-refractivity contribution in [3.8, 4) is 0 Å². The molecule has 0 aromatic rings. The molecule has 0 unspecified atom stereocenters. The molecule has 1 heterocycles. The molecule has 1 fully saturated rings. The minimum atomic E-state index is -0.230. The summed E-state index contributed by atoms with van der Waals surface area (Å²) in [5, 5.41) is 2.06. The van der Waals surface area contributed by atoms with Gasteiger partial charge in [0.15, 0.2) is 0 Å². The van der Waals surface area contributed by atoms with Gasteiger partial charge < -0.3 is 4.74 Å². The molecule has 0 aliphatic carbocycles. The van der Waals surface area contributed by atoms with Gasteiger partial charge in [0, 0.05) is 13.1 Å². The predicted molar refractivity (Wildman–Crippen MR) is 47.3 cm³/mol. The van der Waals surface area contributed by atoms with Gasteiger partial charge in [-0.3, -0.25) is 9.69 Å². The molecule has 1 aliphatic heterocycles. The summed E-state index contributed by atoms with van der Waals surface area (Å²) in [6.45, 7) is 3.29. The Hall–Kier alpha value is -0.610. The molecule has 0 N–H and O–H groups in total. The van der Waals surface area contributed by atoms with E-state index in [4.69, 9.17) is 4.74 Å². The zero-order valence-corrected chi connectivity index (χ0v) is 7.47. The number of hydrogen-bond acceptors (Lipinski definition) is 4. The Balaban J connectivity index is 2.29. The van der Waals surface area contributed by atoms with Crippen molar-refractivity contribution < 1.29 is 9.53 Å². The number of ether oxygens (including phenoxy) is 1. The van der Waals surface area contributed by atoms with Crippen LogP contribution in [0.4, 0.5) is 0 Å². The van der Waals surface area contributed by atoms with Crippen molar-refractivity contribution in [1.82, 2.24) is 4.90 Å². The molecule has 4 nitrogen and oxygen atoms in total. The van der Waals surface area contributed by atoms with Crippen LogP contribution >= 0.6 is 12.2 Å². The lowest BCUT2D eigenvalue weighted by Gasteiger charge is -2.24. The summed E-state index contributed by atoms with van der Waals surface area (Å²) in [6, 6.07) is 0. The van der Waals surface area contributed by atoms with Crippen molar-refractivity contribution in [2.45, 2.75) is 0 Å². The molecule has 1 aliphatic rings. The maximum Gasteiger partial charge on any atom is 0.268 e. The topological polar surface area (TPSA) is 41.9 Å². The normalized spacial score (nSPS) is 18.3. The van der Waals surface area contributed by atoms with Gasteiger partial charge in [0.05, 0.1) is 24.9 Å². The van der Waals surface area contributed by atoms with E-state index < -0.39 is 0 Å². The summed E-state index contributed by atoms with van der Waals surface area (Å²) in [6.07, 6.45) is 0. The molecule has 0 bridgehead atoms. The van der Waals surface area contributed by atoms with Crippen LogP contribution in [-0.2, 0) is 9.53 Å². The first-order valence-corrected chi connectivity index (χ1v) is 4.14. The summed E-state index contributed by atoms with van der Waals surface area (Å²) in [7, 11) is 0. The molecule has 0 spiro atoms. The minimum Gasteiger partial charge on any atom is -0.379 e. The number of nitrogens with zero attached hydrogens (tertiary/aromatic N) is 2. The highest BCUT2D eigenvalue weighted by Gasteiger charge is 2.12. The number of isothiocyanates is 1. The zero-order valence-electron chi connectivity index (χ0n) is 6.65. The number of carbonyl (C=O) groups excluding carboxylic acids is 1. The fraction of sp³-hybridized carbons (Fsp3) is 0.714. The number of aliphatic imine (C=N–C) groups is 1. The first-order chi connectivity index (χ1) is 5.83. The van der Waals surface area contributed by atoms with Crippen LogP contribution in [0.1, 0.15) is 0 Å². The summed E-state index contributed by atoms with van der Waals surface area (Å²) in [4.78, 5) is 16.3. The van der Waals surface area contributed by atoms with E-state index in [2.05, 4.69) is 22.4 Å². The standard InChI is InChI=1S/C7H10N2O2S/c10-7(8-6-12)5-9-1-3-11-4-2-9/h1-5H2. The van der Waals surface area contributed by atoms with Crippen LogP contribution in [-0.4, -0.2) is 48.8 Å². The van der Waals surface area contributed by atoms with Crippen LogP contribution in [0, 0.1) is 0 Å². The fourth-order valence-corrected chi connectivity index (χ4v) is 1.14. The number of carbonyl (C=O) groups is 1. The van der Waals surface area contributed by atoms with Gasteiger partial charge in [0.25, 0.3) is 5.91 Å². The zero-order chi connectivity index (χ0) is 8.81. The van der Waals surface area contributed by atoms with E-state index in [1.54, 1.807) is 0 Å². The molecule has 0 aromatic carbocycles. The molecule has 0 aromatic heterocycles. The third-order valence-corrected chi connectivity index (χ3v) is 1.72. The first-order valence-electron chi connectivity index (χ1n) is 3.74. The molecule has 5 heteroatoms. The quantitative estimate of drug-likeness (QED) is 0.448. The monoisotopic (exact) mass is 186 g/mol. The number of hydrogen-bond donors (Lipinski definition) is 0. The van der Waals surface area contributed by atoms with Crippen molar-refractivity contribution in [2.75, 3.05) is 32.8 Å². The van der Waals surface area contributed by atoms with Crippen LogP contribution < -0.4 is 0 Å². The molecular formula is C7H10N2O2S. The van der Waals surface area contributed by atoms with E-state index in [1.807, 2.05) is 4.90 Å². The molecular weight excluding hydrogens is 176 g/mol. The third-order valence-electron chi connectivity index (χ3n) is 1.63. The van der Waals surface area contributed by atoms with Crippen LogP contribution in [0.5, 0.6) is 0 Å². The molecule has 1 amide bonds. The first kappa shape index (κ1) is 9.48. The van der Waals surface area contributed by atoms with E-state index >= 15 is 0 Å². The second-order valence-corrected chi connectivity index (χ2v) is 2.67. The highest BCUT2D eigenvalue weighted by Crippen LogP contribution is 1.95. The maximum atomic E-state index is 10.9. The van der Waals surface area contributed by atoms with E-state index in [1.165, 1.54) is 0 Å². The molecule has 66 valence electrons. The Bertz CT molecular complexity index is 207. The van der Waals surface area contributed by atoms with Gasteiger partial charge in [-0.05, 0) is 12.2 Å². The highest BCUT2D eigenvalue weighted by molar-refractivity contribution is 7.78.